The molecule has 1 aromatic rings. The number of carboxylic acid groups (broad SMARTS) is 1. The van der Waals surface area contributed by atoms with Crippen LogP contribution in [0.5, 0.6) is 0 Å². The maximum absolute atomic E-state index is 12.4. The Hall–Kier alpha value is -1.59. The SMILES string of the molecule is CCCN(CC(=O)O)C(C)C(=O)N(C)Cc1ccccc1.Cl. The van der Waals surface area contributed by atoms with Crippen LogP contribution in [-0.4, -0.2) is 53.0 Å². The third-order valence-corrected chi connectivity index (χ3v) is 3.39. The fraction of sp³-hybridized carbons (Fsp3) is 0.500. The number of likely N-dealkylation sites (N-methyl/N-ethyl adjacent to an activating group) is 1. The Balaban J connectivity index is 0.00000441. The first-order valence-corrected chi connectivity index (χ1v) is 7.20. The van der Waals surface area contributed by atoms with Crippen molar-refractivity contribution in [3.05, 3.63) is 35.9 Å². The summed E-state index contributed by atoms with van der Waals surface area (Å²) in [5.74, 6) is -0.970. The molecule has 1 amide bonds. The summed E-state index contributed by atoms with van der Waals surface area (Å²) in [5, 5.41) is 8.95. The molecule has 0 saturated carbocycles. The van der Waals surface area contributed by atoms with Gasteiger partial charge in [0.2, 0.25) is 5.91 Å². The second-order valence-corrected chi connectivity index (χ2v) is 5.22. The van der Waals surface area contributed by atoms with Crippen LogP contribution < -0.4 is 0 Å². The third kappa shape index (κ3) is 6.45. The minimum absolute atomic E-state index is 0. The van der Waals surface area contributed by atoms with Crippen LogP contribution in [0, 0.1) is 0 Å². The first kappa shape index (κ1) is 20.4. The number of hydrogen-bond donors (Lipinski definition) is 1. The van der Waals surface area contributed by atoms with E-state index in [-0.39, 0.29) is 24.9 Å². The number of halogens is 1. The van der Waals surface area contributed by atoms with Crippen LogP contribution in [0.15, 0.2) is 30.3 Å². The molecule has 5 nitrogen and oxygen atoms in total. The van der Waals surface area contributed by atoms with E-state index in [0.29, 0.717) is 13.1 Å². The summed E-state index contributed by atoms with van der Waals surface area (Å²) in [6.07, 6.45) is 0.813. The molecule has 0 aliphatic rings. The molecule has 0 aliphatic heterocycles. The number of benzene rings is 1. The zero-order chi connectivity index (χ0) is 15.8. The van der Waals surface area contributed by atoms with Crippen molar-refractivity contribution in [2.75, 3.05) is 20.1 Å². The Bertz CT molecular complexity index is 468. The fourth-order valence-electron chi connectivity index (χ4n) is 2.28. The quantitative estimate of drug-likeness (QED) is 0.795. The van der Waals surface area contributed by atoms with Crippen molar-refractivity contribution in [1.29, 1.82) is 0 Å². The second-order valence-electron chi connectivity index (χ2n) is 5.22. The van der Waals surface area contributed by atoms with Gasteiger partial charge in [-0.3, -0.25) is 14.5 Å². The Morgan fingerprint density at radius 3 is 2.32 bits per heavy atom. The molecular weight excluding hydrogens is 304 g/mol. The normalized spacial score (nSPS) is 11.6. The Kier molecular flexibility index (Phi) is 9.45. The van der Waals surface area contributed by atoms with Gasteiger partial charge in [-0.1, -0.05) is 37.3 Å². The summed E-state index contributed by atoms with van der Waals surface area (Å²) >= 11 is 0. The van der Waals surface area contributed by atoms with Gasteiger partial charge >= 0.3 is 5.97 Å². The Morgan fingerprint density at radius 1 is 1.23 bits per heavy atom. The van der Waals surface area contributed by atoms with E-state index in [9.17, 15) is 9.59 Å². The molecule has 0 heterocycles. The van der Waals surface area contributed by atoms with E-state index in [4.69, 9.17) is 5.11 Å². The van der Waals surface area contributed by atoms with Gasteiger partial charge in [-0.15, -0.1) is 12.4 Å². The maximum atomic E-state index is 12.4. The van der Waals surface area contributed by atoms with Crippen LogP contribution in [0.25, 0.3) is 0 Å². The highest BCUT2D eigenvalue weighted by Crippen LogP contribution is 2.08. The second kappa shape index (κ2) is 10.2. The van der Waals surface area contributed by atoms with E-state index >= 15 is 0 Å². The summed E-state index contributed by atoms with van der Waals surface area (Å²) in [5.41, 5.74) is 1.06. The van der Waals surface area contributed by atoms with E-state index in [0.717, 1.165) is 12.0 Å². The highest BCUT2D eigenvalue weighted by molar-refractivity contribution is 5.85. The molecule has 6 heteroatoms. The smallest absolute Gasteiger partial charge is 0.317 e. The lowest BCUT2D eigenvalue weighted by Crippen LogP contribution is -2.47. The predicted octanol–water partition coefficient (Wildman–Crippen LogP) is 2.25. The summed E-state index contributed by atoms with van der Waals surface area (Å²) in [7, 11) is 1.75. The number of carbonyl (C=O) groups is 2. The van der Waals surface area contributed by atoms with E-state index in [1.807, 2.05) is 37.3 Å². The summed E-state index contributed by atoms with van der Waals surface area (Å²) in [4.78, 5) is 26.7. The topological polar surface area (TPSA) is 60.9 Å². The summed E-state index contributed by atoms with van der Waals surface area (Å²) in [6, 6.07) is 9.31. The molecule has 0 radical (unpaired) electrons. The van der Waals surface area contributed by atoms with E-state index in [1.54, 1.807) is 23.8 Å². The van der Waals surface area contributed by atoms with Crippen molar-refractivity contribution in [2.45, 2.75) is 32.9 Å². The van der Waals surface area contributed by atoms with Crippen molar-refractivity contribution in [3.8, 4) is 0 Å². The maximum Gasteiger partial charge on any atom is 0.317 e. The number of amides is 1. The number of carbonyl (C=O) groups excluding carboxylic acids is 1. The molecule has 1 rings (SSSR count). The first-order chi connectivity index (χ1) is 9.95. The Labute approximate surface area is 138 Å². The van der Waals surface area contributed by atoms with E-state index in [2.05, 4.69) is 0 Å². The van der Waals surface area contributed by atoms with Crippen LogP contribution in [0.2, 0.25) is 0 Å². The highest BCUT2D eigenvalue weighted by atomic mass is 35.5. The van der Waals surface area contributed by atoms with Gasteiger partial charge in [0.1, 0.15) is 0 Å². The third-order valence-electron chi connectivity index (χ3n) is 3.39. The molecule has 1 aromatic carbocycles. The number of carboxylic acids is 1. The molecule has 0 bridgehead atoms. The molecule has 1 atom stereocenters. The Morgan fingerprint density at radius 2 is 1.82 bits per heavy atom. The lowest BCUT2D eigenvalue weighted by atomic mass is 10.2. The predicted molar refractivity (Wildman–Crippen MR) is 89.1 cm³/mol. The summed E-state index contributed by atoms with van der Waals surface area (Å²) in [6.45, 7) is 4.75. The van der Waals surface area contributed by atoms with E-state index < -0.39 is 12.0 Å². The zero-order valence-corrected chi connectivity index (χ0v) is 14.2. The standard InChI is InChI=1S/C16H24N2O3.ClH/c1-4-10-18(12-15(19)20)13(2)16(21)17(3)11-14-8-6-5-7-9-14;/h5-9,13H,4,10-12H2,1-3H3,(H,19,20);1H. The molecule has 1 N–H and O–H groups in total. The molecule has 22 heavy (non-hydrogen) atoms. The summed E-state index contributed by atoms with van der Waals surface area (Å²) < 4.78 is 0. The van der Waals surface area contributed by atoms with Crippen molar-refractivity contribution < 1.29 is 14.7 Å². The fourth-order valence-corrected chi connectivity index (χ4v) is 2.28. The van der Waals surface area contributed by atoms with Crippen molar-refractivity contribution in [1.82, 2.24) is 9.80 Å². The number of rotatable bonds is 8. The number of aliphatic carboxylic acids is 1. The average molecular weight is 329 g/mol. The average Bonchev–Trinajstić information content (AvgIpc) is 2.45. The van der Waals surface area contributed by atoms with Crippen LogP contribution in [0.4, 0.5) is 0 Å². The van der Waals surface area contributed by atoms with Gasteiger partial charge in [-0.05, 0) is 25.5 Å². The van der Waals surface area contributed by atoms with Crippen LogP contribution >= 0.6 is 12.4 Å². The molecule has 0 saturated heterocycles. The monoisotopic (exact) mass is 328 g/mol. The van der Waals surface area contributed by atoms with Crippen LogP contribution in [-0.2, 0) is 16.1 Å². The molecule has 0 aliphatic carbocycles. The van der Waals surface area contributed by atoms with Gasteiger partial charge in [-0.25, -0.2) is 0 Å². The molecule has 124 valence electrons. The van der Waals surface area contributed by atoms with Gasteiger partial charge in [-0.2, -0.15) is 0 Å². The van der Waals surface area contributed by atoms with Crippen LogP contribution in [0.3, 0.4) is 0 Å². The first-order valence-electron chi connectivity index (χ1n) is 7.20. The zero-order valence-electron chi connectivity index (χ0n) is 13.4. The lowest BCUT2D eigenvalue weighted by molar-refractivity contribution is -0.142. The number of nitrogens with zero attached hydrogens (tertiary/aromatic N) is 2. The molecule has 0 aromatic heterocycles. The van der Waals surface area contributed by atoms with Gasteiger partial charge in [0.25, 0.3) is 0 Å². The highest BCUT2D eigenvalue weighted by Gasteiger charge is 2.25. The lowest BCUT2D eigenvalue weighted by Gasteiger charge is -2.29. The van der Waals surface area contributed by atoms with Crippen molar-refractivity contribution in [3.63, 3.8) is 0 Å². The van der Waals surface area contributed by atoms with E-state index in [1.165, 1.54) is 0 Å². The molecule has 0 fully saturated rings. The van der Waals surface area contributed by atoms with Crippen LogP contribution in [0.1, 0.15) is 25.8 Å². The van der Waals surface area contributed by atoms with Gasteiger partial charge in [0.15, 0.2) is 0 Å². The van der Waals surface area contributed by atoms with Gasteiger partial charge < -0.3 is 10.0 Å². The molecule has 1 unspecified atom stereocenters. The number of hydrogen-bond acceptors (Lipinski definition) is 3. The minimum Gasteiger partial charge on any atom is -0.480 e. The van der Waals surface area contributed by atoms with Gasteiger partial charge in [0.05, 0.1) is 12.6 Å². The van der Waals surface area contributed by atoms with Crippen molar-refractivity contribution in [2.24, 2.45) is 0 Å². The molecule has 0 spiro atoms. The van der Waals surface area contributed by atoms with Gasteiger partial charge in [0, 0.05) is 13.6 Å². The minimum atomic E-state index is -0.909. The largest absolute Gasteiger partial charge is 0.480 e. The molecular formula is C16H25ClN2O3. The van der Waals surface area contributed by atoms with Crippen molar-refractivity contribution >= 4 is 24.3 Å².